The van der Waals surface area contributed by atoms with Crippen molar-refractivity contribution in [3.8, 4) is 5.75 Å². The Morgan fingerprint density at radius 1 is 1.38 bits per heavy atom. The molecule has 2 nitrogen and oxygen atoms in total. The Balaban J connectivity index is 1.96. The standard InChI is InChI=1S/C18H26ClNO/c1-3-8-20-17(15-6-4-5-12(15)2)16-11-14(19)10-13-7-9-21-18(13)16/h10-12,15,17,20H,3-9H2,1-2H3. The highest BCUT2D eigenvalue weighted by atomic mass is 35.5. The van der Waals surface area contributed by atoms with Crippen molar-refractivity contribution in [3.63, 3.8) is 0 Å². The van der Waals surface area contributed by atoms with Crippen molar-refractivity contribution in [2.45, 2.75) is 52.0 Å². The van der Waals surface area contributed by atoms with Gasteiger partial charge in [0.25, 0.3) is 0 Å². The van der Waals surface area contributed by atoms with Crippen molar-refractivity contribution >= 4 is 11.6 Å². The molecular weight excluding hydrogens is 282 g/mol. The third kappa shape index (κ3) is 3.07. The molecule has 116 valence electrons. The maximum absolute atomic E-state index is 6.37. The number of nitrogens with one attached hydrogen (secondary N) is 1. The van der Waals surface area contributed by atoms with Crippen molar-refractivity contribution in [3.05, 3.63) is 28.3 Å². The van der Waals surface area contributed by atoms with Gasteiger partial charge in [0, 0.05) is 23.0 Å². The van der Waals surface area contributed by atoms with Crippen LogP contribution in [0.15, 0.2) is 12.1 Å². The first-order chi connectivity index (χ1) is 10.2. The van der Waals surface area contributed by atoms with Crippen molar-refractivity contribution in [2.75, 3.05) is 13.2 Å². The molecule has 2 aliphatic rings. The highest BCUT2D eigenvalue weighted by Crippen LogP contribution is 2.45. The SMILES string of the molecule is CCCNC(c1cc(Cl)cc2c1OCC2)C1CCCC1C. The van der Waals surface area contributed by atoms with Crippen LogP contribution in [0.5, 0.6) is 5.75 Å². The summed E-state index contributed by atoms with van der Waals surface area (Å²) in [4.78, 5) is 0. The number of hydrogen-bond donors (Lipinski definition) is 1. The van der Waals surface area contributed by atoms with Crippen molar-refractivity contribution in [1.29, 1.82) is 0 Å². The predicted octanol–water partition coefficient (Wildman–Crippen LogP) is 4.75. The van der Waals surface area contributed by atoms with E-state index in [-0.39, 0.29) is 0 Å². The van der Waals surface area contributed by atoms with Crippen LogP contribution in [0.4, 0.5) is 0 Å². The molecule has 0 aromatic heterocycles. The van der Waals surface area contributed by atoms with Gasteiger partial charge in [0.05, 0.1) is 6.61 Å². The predicted molar refractivity (Wildman–Crippen MR) is 88.2 cm³/mol. The van der Waals surface area contributed by atoms with Crippen LogP contribution >= 0.6 is 11.6 Å². The topological polar surface area (TPSA) is 21.3 Å². The molecule has 3 unspecified atom stereocenters. The molecule has 1 N–H and O–H groups in total. The Bertz CT molecular complexity index is 502. The molecule has 0 bridgehead atoms. The van der Waals surface area contributed by atoms with Gasteiger partial charge in [-0.1, -0.05) is 38.3 Å². The lowest BCUT2D eigenvalue weighted by Gasteiger charge is -2.30. The van der Waals surface area contributed by atoms with Gasteiger partial charge in [-0.15, -0.1) is 0 Å². The van der Waals surface area contributed by atoms with Crippen LogP contribution in [0, 0.1) is 11.8 Å². The lowest BCUT2D eigenvalue weighted by Crippen LogP contribution is -2.30. The van der Waals surface area contributed by atoms with Gasteiger partial charge in [-0.3, -0.25) is 0 Å². The zero-order valence-corrected chi connectivity index (χ0v) is 13.9. The minimum absolute atomic E-state index is 0.382. The monoisotopic (exact) mass is 307 g/mol. The Morgan fingerprint density at radius 2 is 2.24 bits per heavy atom. The lowest BCUT2D eigenvalue weighted by atomic mass is 9.84. The van der Waals surface area contributed by atoms with Gasteiger partial charge >= 0.3 is 0 Å². The number of fused-ring (bicyclic) bond motifs is 1. The van der Waals surface area contributed by atoms with Crippen LogP contribution in [0.3, 0.4) is 0 Å². The molecule has 1 fully saturated rings. The first-order valence-electron chi connectivity index (χ1n) is 8.39. The third-order valence-electron chi connectivity index (χ3n) is 5.08. The van der Waals surface area contributed by atoms with E-state index in [0.29, 0.717) is 12.0 Å². The van der Waals surface area contributed by atoms with E-state index < -0.39 is 0 Å². The van der Waals surface area contributed by atoms with Gasteiger partial charge in [-0.05, 0) is 48.9 Å². The number of rotatable bonds is 5. The summed E-state index contributed by atoms with van der Waals surface area (Å²) in [7, 11) is 0. The molecule has 1 heterocycles. The molecule has 1 aliphatic carbocycles. The van der Waals surface area contributed by atoms with Gasteiger partial charge < -0.3 is 10.1 Å². The van der Waals surface area contributed by atoms with E-state index in [2.05, 4.69) is 31.3 Å². The molecule has 3 atom stereocenters. The second-order valence-corrected chi connectivity index (χ2v) is 7.02. The summed E-state index contributed by atoms with van der Waals surface area (Å²) in [5.41, 5.74) is 2.58. The van der Waals surface area contributed by atoms with Crippen LogP contribution in [-0.4, -0.2) is 13.2 Å². The Kier molecular flexibility index (Phi) is 4.75. The number of benzene rings is 1. The quantitative estimate of drug-likeness (QED) is 0.847. The minimum atomic E-state index is 0.382. The van der Waals surface area contributed by atoms with Gasteiger partial charge in [-0.2, -0.15) is 0 Å². The van der Waals surface area contributed by atoms with Crippen LogP contribution in [0.25, 0.3) is 0 Å². The fourth-order valence-corrected chi connectivity index (χ4v) is 4.24. The molecule has 1 aliphatic heterocycles. The van der Waals surface area contributed by atoms with Crippen molar-refractivity contribution in [2.24, 2.45) is 11.8 Å². The van der Waals surface area contributed by atoms with Gasteiger partial charge in [0.15, 0.2) is 0 Å². The van der Waals surface area contributed by atoms with E-state index in [1.165, 1.54) is 30.4 Å². The van der Waals surface area contributed by atoms with Crippen LogP contribution in [0.1, 0.15) is 56.7 Å². The first-order valence-corrected chi connectivity index (χ1v) is 8.77. The summed E-state index contributed by atoms with van der Waals surface area (Å²) in [6, 6.07) is 4.58. The zero-order chi connectivity index (χ0) is 14.8. The molecule has 1 saturated carbocycles. The van der Waals surface area contributed by atoms with Gasteiger partial charge in [0.1, 0.15) is 5.75 Å². The lowest BCUT2D eigenvalue weighted by molar-refractivity contribution is 0.288. The summed E-state index contributed by atoms with van der Waals surface area (Å²) in [6.45, 7) is 6.46. The van der Waals surface area contributed by atoms with E-state index in [1.54, 1.807) is 0 Å². The van der Waals surface area contributed by atoms with E-state index in [1.807, 2.05) is 0 Å². The maximum atomic E-state index is 6.37. The Hall–Kier alpha value is -0.730. The second kappa shape index (κ2) is 6.58. The van der Waals surface area contributed by atoms with E-state index >= 15 is 0 Å². The molecule has 0 radical (unpaired) electrons. The average Bonchev–Trinajstić information content (AvgIpc) is 3.08. The Morgan fingerprint density at radius 3 is 2.95 bits per heavy atom. The second-order valence-electron chi connectivity index (χ2n) is 6.59. The number of ether oxygens (including phenoxy) is 1. The Labute approximate surface area is 133 Å². The molecule has 3 heteroatoms. The summed E-state index contributed by atoms with van der Waals surface area (Å²) in [5.74, 6) is 2.57. The number of hydrogen-bond acceptors (Lipinski definition) is 2. The number of halogens is 1. The minimum Gasteiger partial charge on any atom is -0.493 e. The first kappa shape index (κ1) is 15.2. The summed E-state index contributed by atoms with van der Waals surface area (Å²) in [5, 5.41) is 4.63. The van der Waals surface area contributed by atoms with Crippen molar-refractivity contribution < 1.29 is 4.74 Å². The van der Waals surface area contributed by atoms with Crippen LogP contribution < -0.4 is 10.1 Å². The summed E-state index contributed by atoms with van der Waals surface area (Å²) >= 11 is 6.37. The summed E-state index contributed by atoms with van der Waals surface area (Å²) < 4.78 is 5.94. The van der Waals surface area contributed by atoms with E-state index in [0.717, 1.165) is 42.7 Å². The van der Waals surface area contributed by atoms with Crippen LogP contribution in [0.2, 0.25) is 5.02 Å². The molecule has 0 spiro atoms. The smallest absolute Gasteiger partial charge is 0.127 e. The molecule has 0 amide bonds. The molecule has 21 heavy (non-hydrogen) atoms. The highest BCUT2D eigenvalue weighted by Gasteiger charge is 2.34. The average molecular weight is 308 g/mol. The fourth-order valence-electron chi connectivity index (χ4n) is 3.99. The zero-order valence-electron chi connectivity index (χ0n) is 13.1. The van der Waals surface area contributed by atoms with E-state index in [9.17, 15) is 0 Å². The van der Waals surface area contributed by atoms with Crippen molar-refractivity contribution in [1.82, 2.24) is 5.32 Å². The van der Waals surface area contributed by atoms with Gasteiger partial charge in [0.2, 0.25) is 0 Å². The normalized spacial score (nSPS) is 25.7. The fraction of sp³-hybridized carbons (Fsp3) is 0.667. The summed E-state index contributed by atoms with van der Waals surface area (Å²) in [6.07, 6.45) is 6.15. The van der Waals surface area contributed by atoms with Crippen LogP contribution in [-0.2, 0) is 6.42 Å². The third-order valence-corrected chi connectivity index (χ3v) is 5.30. The molecule has 1 aromatic rings. The largest absolute Gasteiger partial charge is 0.493 e. The molecular formula is C18H26ClNO. The highest BCUT2D eigenvalue weighted by molar-refractivity contribution is 6.30. The molecule has 1 aromatic carbocycles. The molecule has 3 rings (SSSR count). The molecule has 0 saturated heterocycles. The van der Waals surface area contributed by atoms with Gasteiger partial charge in [-0.25, -0.2) is 0 Å². The maximum Gasteiger partial charge on any atom is 0.127 e. The van der Waals surface area contributed by atoms with E-state index in [4.69, 9.17) is 16.3 Å².